The van der Waals surface area contributed by atoms with Crippen LogP contribution in [0.25, 0.3) is 0 Å². The molecule has 1 heterocycles. The van der Waals surface area contributed by atoms with Gasteiger partial charge in [0.2, 0.25) is 0 Å². The van der Waals surface area contributed by atoms with Gasteiger partial charge in [0.05, 0.1) is 0 Å². The van der Waals surface area contributed by atoms with Gasteiger partial charge in [0.15, 0.2) is 0 Å². The van der Waals surface area contributed by atoms with Crippen LogP contribution in [0.4, 0.5) is 13.2 Å². The molecule has 0 radical (unpaired) electrons. The zero-order valence-corrected chi connectivity index (χ0v) is 6.97. The second-order valence-corrected chi connectivity index (χ2v) is 1.82. The van der Waals surface area contributed by atoms with Crippen LogP contribution >= 0.6 is 0 Å². The Morgan fingerprint density at radius 1 is 1.33 bits per heavy atom. The Bertz CT molecular complexity index is 191. The predicted octanol–water partition coefficient (Wildman–Crippen LogP) is 2.47. The van der Waals surface area contributed by atoms with E-state index in [4.69, 9.17) is 0 Å². The minimum atomic E-state index is -4.17. The number of halogens is 3. The number of rotatable bonds is 1. The second-order valence-electron chi connectivity index (χ2n) is 1.82. The average Bonchev–Trinajstić information content (AvgIpc) is 2.41. The molecule has 0 aliphatic rings. The lowest BCUT2D eigenvalue weighted by Crippen LogP contribution is -2.17. The van der Waals surface area contributed by atoms with E-state index in [1.165, 1.54) is 18.5 Å². The van der Waals surface area contributed by atoms with Crippen LogP contribution in [0.5, 0.6) is 0 Å². The fraction of sp³-hybridized carbons (Fsp3) is 0.571. The molecule has 0 aliphatic carbocycles. The summed E-state index contributed by atoms with van der Waals surface area (Å²) >= 11 is 0. The van der Waals surface area contributed by atoms with E-state index in [0.717, 1.165) is 4.68 Å². The molecular weight excluding hydrogens is 169 g/mol. The molecule has 1 aromatic rings. The van der Waals surface area contributed by atoms with E-state index in [0.29, 0.717) is 0 Å². The van der Waals surface area contributed by atoms with Crippen LogP contribution in [0, 0.1) is 0 Å². The Balaban J connectivity index is 0.000000561. The minimum Gasteiger partial charge on any atom is -0.264 e. The standard InChI is InChI=1S/C5H5F3N2.C2H6/c6-5(7,8)4-10-3-1-2-9-10;1-2/h1-3H,4H2;1-2H3. The molecule has 0 amide bonds. The van der Waals surface area contributed by atoms with Gasteiger partial charge in [-0.25, -0.2) is 0 Å². The van der Waals surface area contributed by atoms with E-state index < -0.39 is 12.7 Å². The van der Waals surface area contributed by atoms with Gasteiger partial charge in [-0.2, -0.15) is 18.3 Å². The molecule has 0 unspecified atom stereocenters. The lowest BCUT2D eigenvalue weighted by Gasteiger charge is -2.04. The van der Waals surface area contributed by atoms with Gasteiger partial charge in [-0.1, -0.05) is 13.8 Å². The highest BCUT2D eigenvalue weighted by molar-refractivity contribution is 4.78. The van der Waals surface area contributed by atoms with E-state index in [-0.39, 0.29) is 0 Å². The molecule has 0 fully saturated rings. The lowest BCUT2D eigenvalue weighted by molar-refractivity contribution is -0.142. The van der Waals surface area contributed by atoms with Crippen molar-refractivity contribution >= 4 is 0 Å². The lowest BCUT2D eigenvalue weighted by atomic mass is 10.6. The van der Waals surface area contributed by atoms with Gasteiger partial charge < -0.3 is 0 Å². The summed E-state index contributed by atoms with van der Waals surface area (Å²) in [6.07, 6.45) is -1.59. The van der Waals surface area contributed by atoms with Crippen molar-refractivity contribution in [3.8, 4) is 0 Å². The zero-order chi connectivity index (χ0) is 9.61. The Morgan fingerprint density at radius 2 is 1.92 bits per heavy atom. The fourth-order valence-corrected chi connectivity index (χ4v) is 0.578. The molecule has 0 bridgehead atoms. The number of alkyl halides is 3. The highest BCUT2D eigenvalue weighted by Crippen LogP contribution is 2.16. The van der Waals surface area contributed by atoms with Crippen molar-refractivity contribution in [3.63, 3.8) is 0 Å². The Hall–Kier alpha value is -1.00. The largest absolute Gasteiger partial charge is 0.408 e. The maximum absolute atomic E-state index is 11.6. The number of nitrogens with zero attached hydrogens (tertiary/aromatic N) is 2. The molecule has 0 aromatic carbocycles. The summed E-state index contributed by atoms with van der Waals surface area (Å²) in [6, 6.07) is 1.45. The summed E-state index contributed by atoms with van der Waals surface area (Å²) in [4.78, 5) is 0. The smallest absolute Gasteiger partial charge is 0.264 e. The van der Waals surface area contributed by atoms with Crippen molar-refractivity contribution in [3.05, 3.63) is 18.5 Å². The van der Waals surface area contributed by atoms with Crippen LogP contribution in [0.3, 0.4) is 0 Å². The first-order chi connectivity index (χ1) is 5.58. The van der Waals surface area contributed by atoms with E-state index in [1.807, 2.05) is 13.8 Å². The van der Waals surface area contributed by atoms with Crippen molar-refractivity contribution in [1.29, 1.82) is 0 Å². The van der Waals surface area contributed by atoms with Gasteiger partial charge >= 0.3 is 6.18 Å². The van der Waals surface area contributed by atoms with Crippen LogP contribution in [-0.4, -0.2) is 16.0 Å². The zero-order valence-electron chi connectivity index (χ0n) is 6.97. The highest BCUT2D eigenvalue weighted by atomic mass is 19.4. The minimum absolute atomic E-state index is 0.833. The predicted molar refractivity (Wildman–Crippen MR) is 39.6 cm³/mol. The topological polar surface area (TPSA) is 17.8 Å². The third kappa shape index (κ3) is 4.76. The summed E-state index contributed by atoms with van der Waals surface area (Å²) < 4.78 is 35.5. The van der Waals surface area contributed by atoms with Crippen molar-refractivity contribution in [1.82, 2.24) is 9.78 Å². The Morgan fingerprint density at radius 3 is 2.25 bits per heavy atom. The summed E-state index contributed by atoms with van der Waals surface area (Å²) in [5.74, 6) is 0. The van der Waals surface area contributed by atoms with Crippen molar-refractivity contribution in [2.75, 3.05) is 0 Å². The molecule has 2 nitrogen and oxygen atoms in total. The summed E-state index contributed by atoms with van der Waals surface area (Å²) in [7, 11) is 0. The summed E-state index contributed by atoms with van der Waals surface area (Å²) in [5, 5.41) is 3.40. The van der Waals surface area contributed by atoms with Gasteiger partial charge in [-0.3, -0.25) is 4.68 Å². The molecule has 0 saturated carbocycles. The maximum Gasteiger partial charge on any atom is 0.408 e. The number of aromatic nitrogens is 2. The second kappa shape index (κ2) is 4.79. The molecule has 0 N–H and O–H groups in total. The van der Waals surface area contributed by atoms with E-state index in [1.54, 1.807) is 0 Å². The fourth-order valence-electron chi connectivity index (χ4n) is 0.578. The molecule has 5 heteroatoms. The van der Waals surface area contributed by atoms with Crippen molar-refractivity contribution in [2.24, 2.45) is 0 Å². The Labute approximate surface area is 69.0 Å². The average molecular weight is 180 g/mol. The van der Waals surface area contributed by atoms with Gasteiger partial charge in [0.25, 0.3) is 0 Å². The number of hydrogen-bond acceptors (Lipinski definition) is 1. The van der Waals surface area contributed by atoms with Gasteiger partial charge in [0, 0.05) is 12.4 Å². The van der Waals surface area contributed by atoms with Gasteiger partial charge in [-0.05, 0) is 6.07 Å². The van der Waals surface area contributed by atoms with Gasteiger partial charge in [0.1, 0.15) is 6.54 Å². The summed E-state index contributed by atoms with van der Waals surface area (Å²) in [5.41, 5.74) is 0. The maximum atomic E-state index is 11.6. The quantitative estimate of drug-likeness (QED) is 0.649. The van der Waals surface area contributed by atoms with Crippen LogP contribution in [0.15, 0.2) is 18.5 Å². The summed E-state index contributed by atoms with van der Waals surface area (Å²) in [6.45, 7) is 2.99. The Kier molecular flexibility index (Phi) is 4.39. The monoisotopic (exact) mass is 180 g/mol. The molecule has 0 saturated heterocycles. The van der Waals surface area contributed by atoms with Crippen molar-refractivity contribution in [2.45, 2.75) is 26.6 Å². The number of hydrogen-bond donors (Lipinski definition) is 0. The van der Waals surface area contributed by atoms with E-state index in [9.17, 15) is 13.2 Å². The van der Waals surface area contributed by atoms with Crippen molar-refractivity contribution < 1.29 is 13.2 Å². The molecule has 1 rings (SSSR count). The van der Waals surface area contributed by atoms with Crippen LogP contribution in [-0.2, 0) is 6.54 Å². The molecular formula is C7H11F3N2. The van der Waals surface area contributed by atoms with Crippen LogP contribution in [0.1, 0.15) is 13.8 Å². The van der Waals surface area contributed by atoms with Gasteiger partial charge in [-0.15, -0.1) is 0 Å². The first kappa shape index (κ1) is 11.0. The highest BCUT2D eigenvalue weighted by Gasteiger charge is 2.27. The molecule has 0 aliphatic heterocycles. The van der Waals surface area contributed by atoms with Crippen LogP contribution in [0.2, 0.25) is 0 Å². The molecule has 70 valence electrons. The first-order valence-corrected chi connectivity index (χ1v) is 3.62. The van der Waals surface area contributed by atoms with Crippen LogP contribution < -0.4 is 0 Å². The molecule has 12 heavy (non-hydrogen) atoms. The molecule has 0 atom stereocenters. The molecule has 0 spiro atoms. The molecule has 1 aromatic heterocycles. The first-order valence-electron chi connectivity index (χ1n) is 3.62. The third-order valence-corrected chi connectivity index (χ3v) is 0.900. The normalized spacial score (nSPS) is 10.4. The SMILES string of the molecule is CC.FC(F)(F)Cn1cccn1. The van der Waals surface area contributed by atoms with E-state index in [2.05, 4.69) is 5.10 Å². The third-order valence-electron chi connectivity index (χ3n) is 0.900. The van der Waals surface area contributed by atoms with E-state index >= 15 is 0 Å².